The number of aryl methyl sites for hydroxylation is 1. The van der Waals surface area contributed by atoms with Crippen molar-refractivity contribution in [1.82, 2.24) is 15.2 Å². The van der Waals surface area contributed by atoms with Gasteiger partial charge in [0.1, 0.15) is 28.6 Å². The first-order valence-electron chi connectivity index (χ1n) is 10.6. The van der Waals surface area contributed by atoms with Gasteiger partial charge >= 0.3 is 0 Å². The van der Waals surface area contributed by atoms with Crippen LogP contribution < -0.4 is 14.2 Å². The Morgan fingerprint density at radius 3 is 2.56 bits per heavy atom. The van der Waals surface area contributed by atoms with Crippen molar-refractivity contribution < 1.29 is 22.3 Å². The lowest BCUT2D eigenvalue weighted by molar-refractivity contribution is 0.410. The molecule has 1 N–H and O–H groups in total. The van der Waals surface area contributed by atoms with Gasteiger partial charge in [0, 0.05) is 29.3 Å². The molecule has 8 nitrogen and oxygen atoms in total. The van der Waals surface area contributed by atoms with Gasteiger partial charge in [0.25, 0.3) is 10.0 Å². The lowest BCUT2D eigenvalue weighted by Gasteiger charge is -2.14. The third kappa shape index (κ3) is 4.70. The molecule has 0 radical (unpaired) electrons. The summed E-state index contributed by atoms with van der Waals surface area (Å²) in [5.74, 6) is 0.980. The summed E-state index contributed by atoms with van der Waals surface area (Å²) in [7, 11) is -2.31. The number of aromatic nitrogens is 3. The third-order valence-electron chi connectivity index (χ3n) is 5.44. The molecule has 0 saturated heterocycles. The molecule has 182 valence electrons. The van der Waals surface area contributed by atoms with E-state index in [0.29, 0.717) is 39.5 Å². The smallest absolute Gasteiger partial charge is 0.263 e. The summed E-state index contributed by atoms with van der Waals surface area (Å²) in [6, 6.07) is 16.4. The largest absolute Gasteiger partial charge is 0.496 e. The van der Waals surface area contributed by atoms with Crippen molar-refractivity contribution in [1.29, 1.82) is 0 Å². The van der Waals surface area contributed by atoms with E-state index in [-0.39, 0.29) is 15.8 Å². The van der Waals surface area contributed by atoms with Crippen LogP contribution in [0.3, 0.4) is 0 Å². The first-order valence-corrected chi connectivity index (χ1v) is 13.0. The van der Waals surface area contributed by atoms with Gasteiger partial charge in [-0.05, 0) is 54.3 Å². The maximum Gasteiger partial charge on any atom is 0.263 e. The quantitative estimate of drug-likeness (QED) is 0.288. The van der Waals surface area contributed by atoms with Gasteiger partial charge in [-0.1, -0.05) is 23.5 Å². The molecular weight excluding hydrogens is 503 g/mol. The molecular formula is C25H19FN4O4S2. The Bertz CT molecular complexity index is 1680. The molecule has 0 amide bonds. The van der Waals surface area contributed by atoms with E-state index < -0.39 is 10.0 Å². The Labute approximate surface area is 210 Å². The van der Waals surface area contributed by atoms with Crippen molar-refractivity contribution >= 4 is 37.3 Å². The van der Waals surface area contributed by atoms with Gasteiger partial charge < -0.3 is 9.47 Å². The van der Waals surface area contributed by atoms with E-state index >= 15 is 0 Å². The zero-order valence-corrected chi connectivity index (χ0v) is 20.7. The van der Waals surface area contributed by atoms with E-state index in [0.717, 1.165) is 16.7 Å². The average Bonchev–Trinajstić information content (AvgIpc) is 3.38. The first kappa shape index (κ1) is 23.6. The molecule has 0 saturated carbocycles. The van der Waals surface area contributed by atoms with E-state index in [1.54, 1.807) is 61.7 Å². The van der Waals surface area contributed by atoms with Crippen molar-refractivity contribution in [3.8, 4) is 28.5 Å². The standard InChI is InChI=1S/C25H19FN4O4S2/c1-15-3-4-17(12-22(15)26)34-18-5-7-21(23(13-18)33-2)24-20-8-6-19(11-16(20)9-10-27-24)36(31,32)30-25-29-28-14-35-25/h3-14H,1-2H3,(H,29,30). The highest BCUT2D eigenvalue weighted by Crippen LogP contribution is 2.37. The number of pyridine rings is 1. The lowest BCUT2D eigenvalue weighted by atomic mass is 10.0. The Hall–Kier alpha value is -4.09. The Morgan fingerprint density at radius 1 is 1.00 bits per heavy atom. The van der Waals surface area contributed by atoms with Crippen LogP contribution in [0.5, 0.6) is 17.2 Å². The minimum absolute atomic E-state index is 0.0865. The van der Waals surface area contributed by atoms with Crippen LogP contribution in [-0.2, 0) is 10.0 Å². The van der Waals surface area contributed by atoms with Gasteiger partial charge in [-0.15, -0.1) is 10.2 Å². The van der Waals surface area contributed by atoms with Crippen molar-refractivity contribution in [3.63, 3.8) is 0 Å². The van der Waals surface area contributed by atoms with Gasteiger partial charge in [-0.3, -0.25) is 9.71 Å². The van der Waals surface area contributed by atoms with Crippen LogP contribution >= 0.6 is 11.3 Å². The number of benzene rings is 3. The number of nitrogens with one attached hydrogen (secondary N) is 1. The third-order valence-corrected chi connectivity index (χ3v) is 7.51. The second kappa shape index (κ2) is 9.51. The SMILES string of the molecule is COc1cc(Oc2ccc(C)c(F)c2)ccc1-c1nccc2cc(S(=O)(=O)Nc3nncs3)ccc12. The molecule has 0 aliphatic heterocycles. The summed E-state index contributed by atoms with van der Waals surface area (Å²) in [6.07, 6.45) is 1.60. The number of fused-ring (bicyclic) bond motifs is 1. The fourth-order valence-electron chi connectivity index (χ4n) is 3.63. The van der Waals surface area contributed by atoms with Crippen LogP contribution in [-0.4, -0.2) is 30.7 Å². The molecule has 0 atom stereocenters. The van der Waals surface area contributed by atoms with Crippen LogP contribution in [0.25, 0.3) is 22.0 Å². The van der Waals surface area contributed by atoms with E-state index in [4.69, 9.17) is 9.47 Å². The first-order chi connectivity index (χ1) is 17.3. The molecule has 5 rings (SSSR count). The predicted molar refractivity (Wildman–Crippen MR) is 136 cm³/mol. The van der Waals surface area contributed by atoms with E-state index in [1.807, 2.05) is 0 Å². The average molecular weight is 523 g/mol. The Kier molecular flexibility index (Phi) is 6.25. The summed E-state index contributed by atoms with van der Waals surface area (Å²) in [4.78, 5) is 4.61. The summed E-state index contributed by atoms with van der Waals surface area (Å²) in [6.45, 7) is 1.68. The number of nitrogens with zero attached hydrogens (tertiary/aromatic N) is 3. The second-order valence-corrected chi connectivity index (χ2v) is 10.3. The number of ether oxygens (including phenoxy) is 2. The molecule has 36 heavy (non-hydrogen) atoms. The Balaban J connectivity index is 1.49. The molecule has 0 spiro atoms. The molecule has 0 bridgehead atoms. The highest BCUT2D eigenvalue weighted by molar-refractivity contribution is 7.93. The van der Waals surface area contributed by atoms with Crippen LogP contribution in [0.15, 0.2) is 77.3 Å². The summed E-state index contributed by atoms with van der Waals surface area (Å²) >= 11 is 1.09. The topological polar surface area (TPSA) is 103 Å². The molecule has 2 heterocycles. The summed E-state index contributed by atoms with van der Waals surface area (Å²) < 4.78 is 53.3. The molecule has 0 aliphatic rings. The van der Waals surface area contributed by atoms with Crippen molar-refractivity contribution in [2.24, 2.45) is 0 Å². The molecule has 11 heteroatoms. The second-order valence-electron chi connectivity index (χ2n) is 7.77. The number of halogens is 1. The van der Waals surface area contributed by atoms with E-state index in [9.17, 15) is 12.8 Å². The fraction of sp³-hybridized carbons (Fsp3) is 0.0800. The van der Waals surface area contributed by atoms with Crippen molar-refractivity contribution in [3.05, 3.63) is 83.8 Å². The van der Waals surface area contributed by atoms with Gasteiger partial charge in [-0.25, -0.2) is 12.8 Å². The highest BCUT2D eigenvalue weighted by atomic mass is 32.2. The maximum absolute atomic E-state index is 13.9. The van der Waals surface area contributed by atoms with Gasteiger partial charge in [0.15, 0.2) is 0 Å². The van der Waals surface area contributed by atoms with Crippen LogP contribution in [0.1, 0.15) is 5.56 Å². The molecule has 0 aliphatic carbocycles. The number of hydrogen-bond acceptors (Lipinski definition) is 8. The monoisotopic (exact) mass is 522 g/mol. The maximum atomic E-state index is 13.9. The van der Waals surface area contributed by atoms with Gasteiger partial charge in [0.05, 0.1) is 17.7 Å². The Morgan fingerprint density at radius 2 is 1.81 bits per heavy atom. The molecule has 2 aromatic heterocycles. The van der Waals surface area contributed by atoms with Crippen molar-refractivity contribution in [2.45, 2.75) is 11.8 Å². The minimum Gasteiger partial charge on any atom is -0.496 e. The number of methoxy groups -OCH3 is 1. The molecule has 0 fully saturated rings. The number of sulfonamides is 1. The minimum atomic E-state index is -3.84. The van der Waals surface area contributed by atoms with Crippen LogP contribution in [0, 0.1) is 12.7 Å². The highest BCUT2D eigenvalue weighted by Gasteiger charge is 2.18. The lowest BCUT2D eigenvalue weighted by Crippen LogP contribution is -2.12. The normalized spacial score (nSPS) is 11.4. The summed E-state index contributed by atoms with van der Waals surface area (Å²) in [5, 5.41) is 8.97. The molecule has 0 unspecified atom stereocenters. The van der Waals surface area contributed by atoms with Crippen LogP contribution in [0.4, 0.5) is 9.52 Å². The number of hydrogen-bond donors (Lipinski definition) is 1. The molecule has 5 aromatic rings. The zero-order chi connectivity index (χ0) is 25.3. The summed E-state index contributed by atoms with van der Waals surface area (Å²) in [5.41, 5.74) is 3.27. The number of rotatable bonds is 7. The van der Waals surface area contributed by atoms with E-state index in [1.165, 1.54) is 24.8 Å². The molecule has 3 aromatic carbocycles. The van der Waals surface area contributed by atoms with Gasteiger partial charge in [-0.2, -0.15) is 0 Å². The van der Waals surface area contributed by atoms with Crippen LogP contribution in [0.2, 0.25) is 0 Å². The fourth-order valence-corrected chi connectivity index (χ4v) is 5.36. The number of anilines is 1. The van der Waals surface area contributed by atoms with Gasteiger partial charge in [0.2, 0.25) is 5.13 Å². The van der Waals surface area contributed by atoms with E-state index in [2.05, 4.69) is 19.9 Å². The zero-order valence-electron chi connectivity index (χ0n) is 19.1. The predicted octanol–water partition coefficient (Wildman–Crippen LogP) is 5.80. The van der Waals surface area contributed by atoms with Crippen molar-refractivity contribution in [2.75, 3.05) is 11.8 Å².